The van der Waals surface area contributed by atoms with Gasteiger partial charge in [0.05, 0.1) is 32.8 Å². The Balaban J connectivity index is 1.72. The Morgan fingerprint density at radius 2 is 0.586 bits per heavy atom. The first-order chi connectivity index (χ1) is 27.2. The molecule has 4 aromatic rings. The molecule has 58 heavy (non-hydrogen) atoms. The summed E-state index contributed by atoms with van der Waals surface area (Å²) in [5.74, 6) is 10.5. The monoisotopic (exact) mass is 864 g/mol. The molecule has 12 nitrogen and oxygen atoms in total. The van der Waals surface area contributed by atoms with Gasteiger partial charge in [-0.2, -0.15) is 33.7 Å². The highest BCUT2D eigenvalue weighted by Crippen LogP contribution is 2.20. The van der Waals surface area contributed by atoms with Crippen molar-refractivity contribution in [2.45, 2.75) is 47.3 Å². The van der Waals surface area contributed by atoms with Crippen LogP contribution in [0.25, 0.3) is 0 Å². The van der Waals surface area contributed by atoms with Gasteiger partial charge in [-0.3, -0.25) is 16.7 Å². The van der Waals surface area contributed by atoms with Crippen LogP contribution >= 0.6 is 0 Å². The average Bonchev–Trinajstić information content (AvgIpc) is 3.17. The molecular formula is C42H40O12S4. The van der Waals surface area contributed by atoms with Gasteiger partial charge in [0.1, 0.15) is 13.2 Å². The second-order valence-electron chi connectivity index (χ2n) is 12.8. The molecule has 0 heterocycles. The first-order valence-corrected chi connectivity index (χ1v) is 22.8. The summed E-state index contributed by atoms with van der Waals surface area (Å²) in [4.78, 5) is -0.574. The molecule has 0 aliphatic heterocycles. The fourth-order valence-electron chi connectivity index (χ4n) is 4.46. The molecule has 304 valence electrons. The molecule has 0 spiro atoms. The van der Waals surface area contributed by atoms with E-state index in [4.69, 9.17) is 16.7 Å². The normalized spacial score (nSPS) is 12.3. The third kappa shape index (κ3) is 13.5. The maximum absolute atomic E-state index is 13.2. The number of hydrogen-bond acceptors (Lipinski definition) is 12. The molecule has 0 aliphatic rings. The zero-order valence-electron chi connectivity index (χ0n) is 32.0. The summed E-state index contributed by atoms with van der Waals surface area (Å²) >= 11 is 0. The minimum atomic E-state index is -4.42. The van der Waals surface area contributed by atoms with Crippen LogP contribution in [0.3, 0.4) is 0 Å². The second-order valence-corrected chi connectivity index (χ2v) is 19.2. The topological polar surface area (TPSA) is 173 Å². The fraction of sp³-hybridized carbons (Fsp3) is 0.190. The largest absolute Gasteiger partial charge is 0.297 e. The minimum absolute atomic E-state index is 0.0748. The molecule has 16 heteroatoms. The number of rotatable bonds is 16. The third-order valence-corrected chi connectivity index (χ3v) is 13.0. The molecule has 0 saturated carbocycles. The summed E-state index contributed by atoms with van der Waals surface area (Å²) < 4.78 is 125. The smallest absolute Gasteiger partial charge is 0.261 e. The Hall–Kier alpha value is -5.14. The molecule has 4 aromatic carbocycles. The van der Waals surface area contributed by atoms with Gasteiger partial charge in [-0.15, -0.1) is 0 Å². The quantitative estimate of drug-likeness (QED) is 0.0916. The van der Waals surface area contributed by atoms with Crippen molar-refractivity contribution in [2.75, 3.05) is 26.4 Å². The van der Waals surface area contributed by atoms with Crippen LogP contribution in [0, 0.1) is 51.4 Å². The van der Waals surface area contributed by atoms with Crippen LogP contribution in [-0.4, -0.2) is 60.1 Å². The van der Waals surface area contributed by atoms with Crippen molar-refractivity contribution in [3.8, 4) is 23.7 Å². The van der Waals surface area contributed by atoms with Crippen molar-refractivity contribution < 1.29 is 50.4 Å². The van der Waals surface area contributed by atoms with E-state index in [0.717, 1.165) is 22.3 Å². The predicted molar refractivity (Wildman–Crippen MR) is 218 cm³/mol. The zero-order chi connectivity index (χ0) is 42.7. The van der Waals surface area contributed by atoms with E-state index in [1.807, 2.05) is 0 Å². The van der Waals surface area contributed by atoms with E-state index in [1.165, 1.54) is 48.5 Å². The lowest BCUT2D eigenvalue weighted by molar-refractivity contribution is 0.337. The lowest BCUT2D eigenvalue weighted by Gasteiger charge is -2.10. The van der Waals surface area contributed by atoms with E-state index in [1.54, 1.807) is 76.2 Å². The van der Waals surface area contributed by atoms with E-state index in [0.29, 0.717) is 0 Å². The highest BCUT2D eigenvalue weighted by Gasteiger charge is 2.21. The van der Waals surface area contributed by atoms with Crippen LogP contribution in [-0.2, 0) is 57.2 Å². The molecule has 0 atom stereocenters. The molecule has 0 amide bonds. The van der Waals surface area contributed by atoms with E-state index in [2.05, 4.69) is 36.8 Å². The van der Waals surface area contributed by atoms with Crippen molar-refractivity contribution in [3.63, 3.8) is 0 Å². The van der Waals surface area contributed by atoms with Gasteiger partial charge in [0, 0.05) is 22.3 Å². The molecule has 4 rings (SSSR count). The van der Waals surface area contributed by atoms with Crippen molar-refractivity contribution in [3.05, 3.63) is 155 Å². The SMILES string of the molecule is C=C(C#C/C(COS(=O)(=O)c1ccc(C)cc1)=C(/C#CC(=C)COS(=O)(=O)c1ccc(C)cc1)COS(=O)(=O)c1ccc(C)cc1)COS(=O)(=O)c1ccc(C)cc1. The van der Waals surface area contributed by atoms with Gasteiger partial charge in [-0.25, -0.2) is 0 Å². The Morgan fingerprint density at radius 1 is 0.379 bits per heavy atom. The van der Waals surface area contributed by atoms with Crippen LogP contribution in [0.1, 0.15) is 22.3 Å². The standard InChI is InChI=1S/C42H40O12S4/c1-31-9-19-39(20-10-31)55(43,44)51-27-35(5)7-17-37(29-53-57(47,48)41-23-13-33(3)14-24-41)38(30-54-58(49,50)42-25-15-34(4)16-26-42)18-8-36(6)28-52-56(45,46)40-21-11-32(2)12-22-40/h9-16,19-26H,5-6,27-30H2,1-4H3/b38-37+. The molecule has 0 fully saturated rings. The second kappa shape index (κ2) is 19.5. The van der Waals surface area contributed by atoms with E-state index >= 15 is 0 Å². The summed E-state index contributed by atoms with van der Waals surface area (Å²) in [6.45, 7) is 11.8. The maximum Gasteiger partial charge on any atom is 0.297 e. The van der Waals surface area contributed by atoms with Crippen LogP contribution in [0.4, 0.5) is 0 Å². The highest BCUT2D eigenvalue weighted by atomic mass is 32.2. The zero-order valence-corrected chi connectivity index (χ0v) is 35.3. The summed E-state index contributed by atoms with van der Waals surface area (Å²) in [7, 11) is -17.3. The van der Waals surface area contributed by atoms with Crippen molar-refractivity contribution >= 4 is 40.5 Å². The molecule has 0 aliphatic carbocycles. The summed E-state index contributed by atoms with van der Waals surface area (Å²) in [6.07, 6.45) is 0. The lowest BCUT2D eigenvalue weighted by atomic mass is 10.1. The highest BCUT2D eigenvalue weighted by molar-refractivity contribution is 7.87. The van der Waals surface area contributed by atoms with E-state index in [-0.39, 0.29) is 41.9 Å². The van der Waals surface area contributed by atoms with Crippen LogP contribution in [0.5, 0.6) is 0 Å². The Kier molecular flexibility index (Phi) is 15.3. The van der Waals surface area contributed by atoms with Gasteiger partial charge in [0.15, 0.2) is 0 Å². The molecule has 0 saturated heterocycles. The summed E-state index contributed by atoms with van der Waals surface area (Å²) in [5, 5.41) is 0. The van der Waals surface area contributed by atoms with Crippen molar-refractivity contribution in [1.29, 1.82) is 0 Å². The van der Waals surface area contributed by atoms with E-state index < -0.39 is 66.9 Å². The van der Waals surface area contributed by atoms with Crippen LogP contribution < -0.4 is 0 Å². The molecule has 0 bridgehead atoms. The molecule has 0 radical (unpaired) electrons. The first kappa shape index (κ1) is 45.6. The number of benzene rings is 4. The van der Waals surface area contributed by atoms with Crippen LogP contribution in [0.15, 0.2) is 152 Å². The molecule has 0 N–H and O–H groups in total. The van der Waals surface area contributed by atoms with Gasteiger partial charge < -0.3 is 0 Å². The van der Waals surface area contributed by atoms with E-state index in [9.17, 15) is 33.7 Å². The maximum atomic E-state index is 13.2. The lowest BCUT2D eigenvalue weighted by Crippen LogP contribution is -2.14. The van der Waals surface area contributed by atoms with Gasteiger partial charge in [0.2, 0.25) is 0 Å². The van der Waals surface area contributed by atoms with Gasteiger partial charge in [-0.1, -0.05) is 108 Å². The third-order valence-electron chi connectivity index (χ3n) is 7.88. The Bertz CT molecular complexity index is 2570. The Labute approximate surface area is 341 Å². The summed E-state index contributed by atoms with van der Waals surface area (Å²) in [6, 6.07) is 23.5. The number of aryl methyl sites for hydroxylation is 4. The fourth-order valence-corrected chi connectivity index (χ4v) is 8.02. The average molecular weight is 865 g/mol. The minimum Gasteiger partial charge on any atom is -0.261 e. The van der Waals surface area contributed by atoms with Crippen molar-refractivity contribution in [2.24, 2.45) is 0 Å². The summed E-state index contributed by atoms with van der Waals surface area (Å²) in [5.41, 5.74) is 2.66. The van der Waals surface area contributed by atoms with Crippen molar-refractivity contribution in [1.82, 2.24) is 0 Å². The first-order valence-electron chi connectivity index (χ1n) is 17.1. The van der Waals surface area contributed by atoms with Gasteiger partial charge in [0.25, 0.3) is 40.5 Å². The molecule has 0 unspecified atom stereocenters. The molecular weight excluding hydrogens is 825 g/mol. The predicted octanol–water partition coefficient (Wildman–Crippen LogP) is 6.26. The molecule has 0 aromatic heterocycles. The van der Waals surface area contributed by atoms with Gasteiger partial charge >= 0.3 is 0 Å². The van der Waals surface area contributed by atoms with Gasteiger partial charge in [-0.05, 0) is 76.2 Å². The Morgan fingerprint density at radius 3 is 0.810 bits per heavy atom. The van der Waals surface area contributed by atoms with Crippen LogP contribution in [0.2, 0.25) is 0 Å². The number of hydrogen-bond donors (Lipinski definition) is 0.